The monoisotopic (exact) mass is 726 g/mol. The van der Waals surface area contributed by atoms with Gasteiger partial charge in [-0.2, -0.15) is 0 Å². The number of nitrogens with one attached hydrogen (secondary N) is 3. The number of carbonyl (C=O) groups excluding carboxylic acids is 1. The fourth-order valence-corrected chi connectivity index (χ4v) is 7.82. The summed E-state index contributed by atoms with van der Waals surface area (Å²) >= 11 is 0. The lowest BCUT2D eigenvalue weighted by molar-refractivity contribution is -0.111. The molecule has 9 rings (SSSR count). The molecule has 5 heterocycles. The Kier molecular flexibility index (Phi) is 8.70. The molecule has 1 aliphatic rings. The number of carbonyl (C=O) groups is 1. The Bertz CT molecular complexity index is 3040. The van der Waals surface area contributed by atoms with Crippen LogP contribution in [0.5, 0.6) is 0 Å². The van der Waals surface area contributed by atoms with Gasteiger partial charge in [-0.25, -0.2) is 4.98 Å². The standard InChI is InChI=1S/C51H42N4O/c1-30-6-14-35(15-7-30)48-39-29-47(55-46(39)28-34(5)56)51(38-20-12-33(4)13-21-38)45-27-26-44(54-45)50(37-18-10-32(3)11-19-37)43-25-24-42(53-43)49(41-23-22-40(48)52-41)36-16-8-31(2)9-17-36/h6-29,52,54-55H,1-5H3/b46-28-,48-39?,48-40?,49-41?,49-42?,50-43?,50-44?,51-45?,51-47?. The van der Waals surface area contributed by atoms with Gasteiger partial charge in [0.25, 0.3) is 0 Å². The molecule has 0 unspecified atom stereocenters. The highest BCUT2D eigenvalue weighted by Gasteiger charge is 2.18. The van der Waals surface area contributed by atoms with Gasteiger partial charge in [-0.1, -0.05) is 119 Å². The van der Waals surface area contributed by atoms with Crippen LogP contribution in [0.25, 0.3) is 95.7 Å². The highest BCUT2D eigenvalue weighted by molar-refractivity contribution is 6.08. The fourth-order valence-electron chi connectivity index (χ4n) is 7.82. The number of Topliss-reactive ketones (excluding diaryl/α,β-unsaturated/α-hetero) is 1. The van der Waals surface area contributed by atoms with Gasteiger partial charge in [0, 0.05) is 61.3 Å². The topological polar surface area (TPSA) is 77.3 Å². The number of aromatic nitrogens is 4. The third-order valence-electron chi connectivity index (χ3n) is 10.7. The van der Waals surface area contributed by atoms with Gasteiger partial charge in [-0.3, -0.25) is 4.79 Å². The molecule has 8 bridgehead atoms. The van der Waals surface area contributed by atoms with E-state index in [1.165, 1.54) is 22.3 Å². The van der Waals surface area contributed by atoms with Crippen molar-refractivity contribution in [2.24, 2.45) is 0 Å². The van der Waals surface area contributed by atoms with Gasteiger partial charge >= 0.3 is 0 Å². The van der Waals surface area contributed by atoms with Crippen molar-refractivity contribution in [3.8, 4) is 44.5 Å². The van der Waals surface area contributed by atoms with Crippen molar-refractivity contribution in [2.45, 2.75) is 34.6 Å². The lowest BCUT2D eigenvalue weighted by Crippen LogP contribution is -2.05. The number of nitrogens with zero attached hydrogens (tertiary/aromatic N) is 1. The predicted octanol–water partition coefficient (Wildman–Crippen LogP) is 12.2. The average molecular weight is 727 g/mol. The number of aryl methyl sites for hydroxylation is 4. The maximum absolute atomic E-state index is 13.0. The molecule has 1 aliphatic heterocycles. The molecule has 0 amide bonds. The van der Waals surface area contributed by atoms with Crippen LogP contribution in [-0.4, -0.2) is 25.7 Å². The minimum absolute atomic E-state index is 0.0369. The van der Waals surface area contributed by atoms with Crippen molar-refractivity contribution in [1.82, 2.24) is 19.9 Å². The number of hydrogen-bond acceptors (Lipinski definition) is 2. The van der Waals surface area contributed by atoms with Crippen LogP contribution in [0.2, 0.25) is 0 Å². The van der Waals surface area contributed by atoms with Gasteiger partial charge < -0.3 is 15.0 Å². The van der Waals surface area contributed by atoms with E-state index in [1.807, 2.05) is 0 Å². The normalized spacial score (nSPS) is 12.1. The third-order valence-corrected chi connectivity index (χ3v) is 10.7. The van der Waals surface area contributed by atoms with Crippen LogP contribution in [0.1, 0.15) is 40.6 Å². The van der Waals surface area contributed by atoms with Gasteiger partial charge in [0.2, 0.25) is 0 Å². The Morgan fingerprint density at radius 3 is 1.21 bits per heavy atom. The molecule has 5 heteroatoms. The van der Waals surface area contributed by atoms with E-state index < -0.39 is 0 Å². The highest BCUT2D eigenvalue weighted by atomic mass is 16.1. The van der Waals surface area contributed by atoms with Crippen LogP contribution in [0.4, 0.5) is 0 Å². The zero-order valence-corrected chi connectivity index (χ0v) is 32.2. The van der Waals surface area contributed by atoms with Gasteiger partial charge in [0.15, 0.2) is 5.78 Å². The summed E-state index contributed by atoms with van der Waals surface area (Å²) in [5.74, 6) is -0.0369. The number of benzene rings is 4. The minimum Gasteiger partial charge on any atom is -0.354 e. The summed E-state index contributed by atoms with van der Waals surface area (Å²) in [6.07, 6.45) is 5.98. The number of fused-ring (bicyclic) bond motifs is 8. The highest BCUT2D eigenvalue weighted by Crippen LogP contribution is 2.37. The molecule has 3 N–H and O–H groups in total. The summed E-state index contributed by atoms with van der Waals surface area (Å²) in [6.45, 7) is 10.0. The first kappa shape index (κ1) is 34.8. The number of hydrogen-bond donors (Lipinski definition) is 3. The molecule has 0 saturated carbocycles. The van der Waals surface area contributed by atoms with Gasteiger partial charge in [-0.15, -0.1) is 0 Å². The zero-order valence-electron chi connectivity index (χ0n) is 32.2. The third kappa shape index (κ3) is 6.47. The minimum atomic E-state index is -0.0369. The molecule has 0 spiro atoms. The lowest BCUT2D eigenvalue weighted by Gasteiger charge is -2.07. The summed E-state index contributed by atoms with van der Waals surface area (Å²) in [6, 6.07) is 45.3. The molecule has 272 valence electrons. The van der Waals surface area contributed by atoms with Gasteiger partial charge in [0.05, 0.1) is 16.7 Å². The average Bonchev–Trinajstić information content (AvgIpc) is 4.02. The van der Waals surface area contributed by atoms with Crippen molar-refractivity contribution in [3.63, 3.8) is 0 Å². The Balaban J connectivity index is 1.53. The molecular weight excluding hydrogens is 685 g/mol. The molecule has 0 saturated heterocycles. The van der Waals surface area contributed by atoms with Crippen molar-refractivity contribution < 1.29 is 4.79 Å². The fraction of sp³-hybridized carbons (Fsp3) is 0.0980. The molecule has 0 aliphatic carbocycles. The molecular formula is C51H42N4O. The van der Waals surface area contributed by atoms with Gasteiger partial charge in [0.1, 0.15) is 0 Å². The van der Waals surface area contributed by atoms with Crippen LogP contribution in [-0.2, 0) is 4.79 Å². The number of H-pyrrole nitrogens is 3. The SMILES string of the molecule is CC(=O)/C=c1\[nH]c2cc1c(-c1ccc(C)cc1)c1ccc([nH]1)c(-c1ccc(C)cc1)c1nc(c(-c3ccc(C)cc3)c3ccc([nH]3)c2-c2ccc(C)cc2)C=C1. The van der Waals surface area contributed by atoms with E-state index in [2.05, 4.69) is 182 Å². The van der Waals surface area contributed by atoms with Crippen molar-refractivity contribution in [2.75, 3.05) is 0 Å². The van der Waals surface area contributed by atoms with Crippen LogP contribution in [0.15, 0.2) is 127 Å². The van der Waals surface area contributed by atoms with Crippen LogP contribution in [0.3, 0.4) is 0 Å². The summed E-state index contributed by atoms with van der Waals surface area (Å²) < 4.78 is 0. The number of ketones is 1. The first-order valence-electron chi connectivity index (χ1n) is 19.1. The summed E-state index contributed by atoms with van der Waals surface area (Å²) in [5, 5.41) is 1.67. The second kappa shape index (κ2) is 14.0. The Morgan fingerprint density at radius 2 is 0.804 bits per heavy atom. The Labute approximate surface area is 326 Å². The van der Waals surface area contributed by atoms with E-state index in [-0.39, 0.29) is 5.78 Å². The van der Waals surface area contributed by atoms with Crippen molar-refractivity contribution in [3.05, 3.63) is 166 Å². The first-order chi connectivity index (χ1) is 27.2. The number of rotatable bonds is 5. The van der Waals surface area contributed by atoms with E-state index in [9.17, 15) is 4.79 Å². The molecule has 0 atom stereocenters. The van der Waals surface area contributed by atoms with E-state index in [0.29, 0.717) is 0 Å². The molecule has 4 aromatic heterocycles. The van der Waals surface area contributed by atoms with Crippen LogP contribution >= 0.6 is 0 Å². The molecule has 8 aromatic rings. The summed E-state index contributed by atoms with van der Waals surface area (Å²) in [4.78, 5) is 29.8. The molecule has 56 heavy (non-hydrogen) atoms. The number of aromatic amines is 3. The Morgan fingerprint density at radius 1 is 0.446 bits per heavy atom. The summed E-state index contributed by atoms with van der Waals surface area (Å²) in [7, 11) is 0. The largest absolute Gasteiger partial charge is 0.354 e. The van der Waals surface area contributed by atoms with E-state index in [4.69, 9.17) is 4.98 Å². The van der Waals surface area contributed by atoms with E-state index >= 15 is 0 Å². The first-order valence-corrected chi connectivity index (χ1v) is 19.1. The maximum atomic E-state index is 13.0. The zero-order chi connectivity index (χ0) is 38.5. The summed E-state index contributed by atoms with van der Waals surface area (Å²) in [5.41, 5.74) is 19.4. The smallest absolute Gasteiger partial charge is 0.154 e. The predicted molar refractivity (Wildman–Crippen MR) is 235 cm³/mol. The molecule has 0 radical (unpaired) electrons. The molecule has 5 nitrogen and oxygen atoms in total. The van der Waals surface area contributed by atoms with Crippen molar-refractivity contribution in [1.29, 1.82) is 0 Å². The Hall–Kier alpha value is -6.98. The second-order valence-electron chi connectivity index (χ2n) is 15.0. The van der Waals surface area contributed by atoms with E-state index in [1.54, 1.807) is 13.0 Å². The van der Waals surface area contributed by atoms with E-state index in [0.717, 1.165) is 94.2 Å². The van der Waals surface area contributed by atoms with Gasteiger partial charge in [-0.05, 0) is 99.4 Å². The molecule has 4 aromatic carbocycles. The maximum Gasteiger partial charge on any atom is 0.154 e. The quantitative estimate of drug-likeness (QED) is 0.165. The van der Waals surface area contributed by atoms with Crippen LogP contribution < -0.4 is 5.35 Å². The van der Waals surface area contributed by atoms with Crippen LogP contribution in [0, 0.1) is 27.7 Å². The molecule has 0 fully saturated rings. The lowest BCUT2D eigenvalue weighted by atomic mass is 10.0. The van der Waals surface area contributed by atoms with Crippen molar-refractivity contribution >= 4 is 57.0 Å². The second-order valence-corrected chi connectivity index (χ2v) is 15.0.